The predicted molar refractivity (Wildman–Crippen MR) is 120 cm³/mol. The summed E-state index contributed by atoms with van der Waals surface area (Å²) in [6.07, 6.45) is 12.8. The van der Waals surface area contributed by atoms with Gasteiger partial charge < -0.3 is 4.98 Å². The molecule has 5 nitrogen and oxygen atoms in total. The van der Waals surface area contributed by atoms with Gasteiger partial charge in [-0.1, -0.05) is 24.1 Å². The lowest BCUT2D eigenvalue weighted by Gasteiger charge is -2.11. The standard InChI is InChI=1S/C25H16N4O/c1-2-17-9-12-19(13-10-17)29-23(28-24-21(25(29)30)7-5-15-26-24)14-11-18-16-27-22-8-4-3-6-20(18)22/h1,3-16,27H/b14-11+. The molecule has 0 unspecified atom stereocenters. The third-order valence-electron chi connectivity index (χ3n) is 5.00. The maximum absolute atomic E-state index is 13.3. The van der Waals surface area contributed by atoms with Gasteiger partial charge in [0, 0.05) is 28.9 Å². The predicted octanol–water partition coefficient (Wildman–Crippen LogP) is 4.41. The van der Waals surface area contributed by atoms with E-state index in [1.165, 1.54) is 0 Å². The van der Waals surface area contributed by atoms with Crippen molar-refractivity contribution in [1.29, 1.82) is 0 Å². The summed E-state index contributed by atoms with van der Waals surface area (Å²) >= 11 is 0. The van der Waals surface area contributed by atoms with E-state index in [0.717, 1.165) is 22.0 Å². The fraction of sp³-hybridized carbons (Fsp3) is 0. The van der Waals surface area contributed by atoms with Gasteiger partial charge in [-0.05, 0) is 60.2 Å². The highest BCUT2D eigenvalue weighted by atomic mass is 16.1. The first-order valence-corrected chi connectivity index (χ1v) is 9.43. The van der Waals surface area contributed by atoms with Gasteiger partial charge in [-0.3, -0.25) is 9.36 Å². The molecule has 0 aliphatic rings. The number of H-pyrrole nitrogens is 1. The summed E-state index contributed by atoms with van der Waals surface area (Å²) in [6, 6.07) is 18.8. The molecule has 0 amide bonds. The van der Waals surface area contributed by atoms with Gasteiger partial charge in [-0.2, -0.15) is 0 Å². The number of fused-ring (bicyclic) bond motifs is 2. The fourth-order valence-electron chi connectivity index (χ4n) is 3.50. The van der Waals surface area contributed by atoms with Crippen molar-refractivity contribution in [2.24, 2.45) is 0 Å². The van der Waals surface area contributed by atoms with Crippen LogP contribution in [0.25, 0.3) is 39.8 Å². The van der Waals surface area contributed by atoms with Gasteiger partial charge in [-0.25, -0.2) is 9.97 Å². The highest BCUT2D eigenvalue weighted by molar-refractivity contribution is 5.91. The molecule has 5 heteroatoms. The molecule has 5 rings (SSSR count). The Hall–Kier alpha value is -4.43. The van der Waals surface area contributed by atoms with Crippen LogP contribution in [0.1, 0.15) is 17.0 Å². The maximum atomic E-state index is 13.3. The Labute approximate surface area is 172 Å². The maximum Gasteiger partial charge on any atom is 0.267 e. The van der Waals surface area contributed by atoms with Crippen molar-refractivity contribution in [2.75, 3.05) is 0 Å². The van der Waals surface area contributed by atoms with Crippen molar-refractivity contribution >= 4 is 34.1 Å². The van der Waals surface area contributed by atoms with Gasteiger partial charge in [0.05, 0.1) is 11.1 Å². The zero-order valence-corrected chi connectivity index (χ0v) is 15.9. The second-order valence-corrected chi connectivity index (χ2v) is 6.80. The number of benzene rings is 2. The first-order chi connectivity index (χ1) is 14.7. The summed E-state index contributed by atoms with van der Waals surface area (Å²) in [7, 11) is 0. The Kier molecular flexibility index (Phi) is 4.23. The van der Waals surface area contributed by atoms with Crippen molar-refractivity contribution in [1.82, 2.24) is 19.5 Å². The molecule has 0 saturated heterocycles. The molecule has 0 radical (unpaired) electrons. The van der Waals surface area contributed by atoms with Crippen LogP contribution in [0, 0.1) is 12.3 Å². The molecule has 0 aliphatic heterocycles. The first-order valence-electron chi connectivity index (χ1n) is 9.43. The van der Waals surface area contributed by atoms with E-state index < -0.39 is 0 Å². The fourth-order valence-corrected chi connectivity index (χ4v) is 3.50. The second kappa shape index (κ2) is 7.19. The normalized spacial score (nSPS) is 11.3. The third kappa shape index (κ3) is 2.97. The van der Waals surface area contributed by atoms with Gasteiger partial charge in [0.15, 0.2) is 5.65 Å². The Bertz CT molecular complexity index is 1520. The van der Waals surface area contributed by atoms with E-state index in [1.807, 2.05) is 66.9 Å². The van der Waals surface area contributed by atoms with Crippen LogP contribution in [-0.4, -0.2) is 19.5 Å². The van der Waals surface area contributed by atoms with E-state index in [0.29, 0.717) is 22.5 Å². The monoisotopic (exact) mass is 388 g/mol. The molecule has 142 valence electrons. The highest BCUT2D eigenvalue weighted by Crippen LogP contribution is 2.21. The van der Waals surface area contributed by atoms with Crippen molar-refractivity contribution in [3.05, 3.63) is 100 Å². The minimum Gasteiger partial charge on any atom is -0.361 e. The van der Waals surface area contributed by atoms with Crippen molar-refractivity contribution < 1.29 is 0 Å². The molecule has 1 N–H and O–H groups in total. The lowest BCUT2D eigenvalue weighted by molar-refractivity contribution is 0.937. The molecule has 3 heterocycles. The molecule has 0 aliphatic carbocycles. The summed E-state index contributed by atoms with van der Waals surface area (Å²) in [5.74, 6) is 3.09. The topological polar surface area (TPSA) is 63.6 Å². The molecule has 0 atom stereocenters. The lowest BCUT2D eigenvalue weighted by Crippen LogP contribution is -2.22. The number of nitrogens with zero attached hydrogens (tertiary/aromatic N) is 3. The van der Waals surface area contributed by atoms with E-state index in [4.69, 9.17) is 6.42 Å². The van der Waals surface area contributed by atoms with E-state index in [2.05, 4.69) is 20.9 Å². The van der Waals surface area contributed by atoms with Crippen LogP contribution < -0.4 is 5.56 Å². The quantitative estimate of drug-likeness (QED) is 0.466. The molecule has 5 aromatic rings. The number of terminal acetylenes is 1. The molecule has 2 aromatic carbocycles. The average Bonchev–Trinajstić information content (AvgIpc) is 3.21. The summed E-state index contributed by atoms with van der Waals surface area (Å²) in [5.41, 5.74) is 3.73. The first kappa shape index (κ1) is 17.7. The molecule has 0 fully saturated rings. The van der Waals surface area contributed by atoms with Crippen LogP contribution in [0.3, 0.4) is 0 Å². The van der Waals surface area contributed by atoms with Crippen LogP contribution in [0.4, 0.5) is 0 Å². The van der Waals surface area contributed by atoms with Crippen molar-refractivity contribution in [2.45, 2.75) is 0 Å². The van der Waals surface area contributed by atoms with E-state index in [9.17, 15) is 4.79 Å². The minimum atomic E-state index is -0.180. The molecule has 30 heavy (non-hydrogen) atoms. The number of hydrogen-bond donors (Lipinski definition) is 1. The summed E-state index contributed by atoms with van der Waals surface area (Å²) in [5, 5.41) is 1.56. The molecule has 0 bridgehead atoms. The van der Waals surface area contributed by atoms with Gasteiger partial charge in [0.2, 0.25) is 0 Å². The zero-order valence-electron chi connectivity index (χ0n) is 15.9. The molecular formula is C25H16N4O. The van der Waals surface area contributed by atoms with Crippen LogP contribution in [0.15, 0.2) is 77.9 Å². The number of rotatable bonds is 3. The minimum absolute atomic E-state index is 0.180. The Balaban J connectivity index is 1.71. The largest absolute Gasteiger partial charge is 0.361 e. The number of para-hydroxylation sites is 1. The number of hydrogen-bond acceptors (Lipinski definition) is 3. The SMILES string of the molecule is C#Cc1ccc(-n2c(/C=C/c3c[nH]c4ccccc34)nc3ncccc3c2=O)cc1. The Morgan fingerprint density at radius 2 is 1.77 bits per heavy atom. The number of pyridine rings is 1. The van der Waals surface area contributed by atoms with Gasteiger partial charge in [0.1, 0.15) is 5.82 Å². The van der Waals surface area contributed by atoms with Crippen LogP contribution in [-0.2, 0) is 0 Å². The number of aromatic amines is 1. The number of aromatic nitrogens is 4. The third-order valence-corrected chi connectivity index (χ3v) is 5.00. The molecule has 0 spiro atoms. The van der Waals surface area contributed by atoms with Gasteiger partial charge >= 0.3 is 0 Å². The Morgan fingerprint density at radius 3 is 2.60 bits per heavy atom. The van der Waals surface area contributed by atoms with E-state index in [-0.39, 0.29) is 5.56 Å². The molecule has 3 aromatic heterocycles. The summed E-state index contributed by atoms with van der Waals surface area (Å²) < 4.78 is 1.58. The average molecular weight is 388 g/mol. The van der Waals surface area contributed by atoms with Crippen LogP contribution in [0.5, 0.6) is 0 Å². The number of nitrogens with one attached hydrogen (secondary N) is 1. The van der Waals surface area contributed by atoms with Crippen LogP contribution in [0.2, 0.25) is 0 Å². The van der Waals surface area contributed by atoms with Gasteiger partial charge in [-0.15, -0.1) is 6.42 Å². The zero-order chi connectivity index (χ0) is 20.5. The van der Waals surface area contributed by atoms with Gasteiger partial charge in [0.25, 0.3) is 5.56 Å². The molecule has 0 saturated carbocycles. The van der Waals surface area contributed by atoms with Crippen molar-refractivity contribution in [3.63, 3.8) is 0 Å². The van der Waals surface area contributed by atoms with Crippen molar-refractivity contribution in [3.8, 4) is 18.0 Å². The summed E-state index contributed by atoms with van der Waals surface area (Å²) in [6.45, 7) is 0. The van der Waals surface area contributed by atoms with E-state index >= 15 is 0 Å². The smallest absolute Gasteiger partial charge is 0.267 e. The second-order valence-electron chi connectivity index (χ2n) is 6.80. The summed E-state index contributed by atoms with van der Waals surface area (Å²) in [4.78, 5) is 25.5. The Morgan fingerprint density at radius 1 is 0.967 bits per heavy atom. The van der Waals surface area contributed by atoms with E-state index in [1.54, 1.807) is 22.9 Å². The van der Waals surface area contributed by atoms with Crippen LogP contribution >= 0.6 is 0 Å². The molecular weight excluding hydrogens is 372 g/mol. The lowest BCUT2D eigenvalue weighted by atomic mass is 10.1. The highest BCUT2D eigenvalue weighted by Gasteiger charge is 2.12.